The largest absolute Gasteiger partial charge is 0.265 e. The molecule has 0 aliphatic carbocycles. The van der Waals surface area contributed by atoms with Crippen LogP contribution >= 0.6 is 26.8 Å². The van der Waals surface area contributed by atoms with Crippen molar-refractivity contribution in [2.75, 3.05) is 0 Å². The second-order valence-corrected chi connectivity index (χ2v) is 26.8. The molecule has 0 saturated carbocycles. The van der Waals surface area contributed by atoms with E-state index in [0.29, 0.717) is 0 Å². The van der Waals surface area contributed by atoms with E-state index in [0.717, 1.165) is 0 Å². The summed E-state index contributed by atoms with van der Waals surface area (Å²) in [4.78, 5) is 9.60. The molecule has 2 aromatic rings. The molecule has 0 aliphatic heterocycles. The molecule has 0 unspecified atom stereocenters. The summed E-state index contributed by atoms with van der Waals surface area (Å²) in [5.74, 6) is 0. The van der Waals surface area contributed by atoms with Gasteiger partial charge in [-0.2, -0.15) is 0 Å². The maximum Gasteiger partial charge on any atom is 0.0273 e. The molecule has 90 valence electrons. The Morgan fingerprint density at radius 3 is 1.24 bits per heavy atom. The summed E-state index contributed by atoms with van der Waals surface area (Å²) >= 11 is -2.76. The Kier molecular flexibility index (Phi) is 6.55. The van der Waals surface area contributed by atoms with Crippen molar-refractivity contribution >= 4 is 41.8 Å². The number of pyridine rings is 2. The molecule has 0 spiro atoms. The van der Waals surface area contributed by atoms with Crippen LogP contribution in [0.3, 0.4) is 0 Å². The van der Waals surface area contributed by atoms with Crippen molar-refractivity contribution in [3.8, 4) is 11.1 Å². The average Bonchev–Trinajstić information content (AvgIpc) is 2.29. The zero-order valence-corrected chi connectivity index (χ0v) is 14.3. The minimum atomic E-state index is -2.76. The first-order chi connectivity index (χ1) is 7.97. The molecular formula is C11H11Cl3N2Sn. The molecule has 2 nitrogen and oxygen atoms in total. The number of nitrogens with zero attached hydrogens (tertiary/aromatic N) is 2. The topological polar surface area (TPSA) is 25.8 Å². The van der Waals surface area contributed by atoms with Gasteiger partial charge in [-0.05, 0) is 35.4 Å². The summed E-state index contributed by atoms with van der Waals surface area (Å²) in [5, 5.41) is 0. The molecular weight excluding hydrogens is 385 g/mol. The van der Waals surface area contributed by atoms with Crippen LogP contribution in [0.5, 0.6) is 0 Å². The Balaban J connectivity index is 0.000000249. The second-order valence-electron chi connectivity index (χ2n) is 3.25. The van der Waals surface area contributed by atoms with Gasteiger partial charge in [-0.1, -0.05) is 0 Å². The third-order valence-electron chi connectivity index (χ3n) is 1.69. The summed E-state index contributed by atoms with van der Waals surface area (Å²) in [6, 6.07) is 7.93. The Morgan fingerprint density at radius 2 is 1.00 bits per heavy atom. The minimum absolute atomic E-state index is 1.17. The first-order valence-electron chi connectivity index (χ1n) is 4.84. The number of halogens is 3. The molecule has 0 amide bonds. The SMILES string of the molecule is [CH3][Sn]([Cl])([Cl])[Cl].c1cc(-c2ccncc2)ccn1. The van der Waals surface area contributed by atoms with Gasteiger partial charge >= 0.3 is 46.7 Å². The van der Waals surface area contributed by atoms with Crippen LogP contribution in [0, 0.1) is 0 Å². The fourth-order valence-electron chi connectivity index (χ4n) is 1.09. The van der Waals surface area contributed by atoms with E-state index in [1.807, 2.05) is 24.3 Å². The molecule has 0 radical (unpaired) electrons. The second kappa shape index (κ2) is 7.41. The van der Waals surface area contributed by atoms with Crippen molar-refractivity contribution in [3.05, 3.63) is 49.1 Å². The van der Waals surface area contributed by atoms with Crippen LogP contribution in [-0.2, 0) is 0 Å². The van der Waals surface area contributed by atoms with Crippen LogP contribution in [0.15, 0.2) is 49.1 Å². The first kappa shape index (κ1) is 15.0. The van der Waals surface area contributed by atoms with Gasteiger partial charge in [0.1, 0.15) is 0 Å². The zero-order chi connectivity index (χ0) is 12.7. The Hall–Kier alpha value is -0.0313. The average molecular weight is 396 g/mol. The fourth-order valence-corrected chi connectivity index (χ4v) is 1.09. The van der Waals surface area contributed by atoms with E-state index < -0.39 is 15.0 Å². The van der Waals surface area contributed by atoms with Crippen molar-refractivity contribution in [1.29, 1.82) is 0 Å². The molecule has 2 heterocycles. The van der Waals surface area contributed by atoms with Crippen LogP contribution in [0.4, 0.5) is 0 Å². The molecule has 0 atom stereocenters. The van der Waals surface area contributed by atoms with E-state index >= 15 is 0 Å². The summed E-state index contributed by atoms with van der Waals surface area (Å²) in [6.07, 6.45) is 7.15. The van der Waals surface area contributed by atoms with Crippen molar-refractivity contribution in [2.24, 2.45) is 0 Å². The van der Waals surface area contributed by atoms with Gasteiger partial charge in [0.2, 0.25) is 0 Å². The molecule has 0 aliphatic rings. The van der Waals surface area contributed by atoms with Gasteiger partial charge in [-0.3, -0.25) is 9.97 Å². The molecule has 0 aromatic carbocycles. The van der Waals surface area contributed by atoms with Crippen molar-refractivity contribution in [1.82, 2.24) is 9.97 Å². The van der Waals surface area contributed by atoms with Crippen LogP contribution in [0.1, 0.15) is 0 Å². The van der Waals surface area contributed by atoms with Crippen LogP contribution in [0.25, 0.3) is 11.1 Å². The summed E-state index contributed by atoms with van der Waals surface area (Å²) in [7, 11) is 15.8. The minimum Gasteiger partial charge on any atom is -0.265 e. The molecule has 17 heavy (non-hydrogen) atoms. The van der Waals surface area contributed by atoms with Crippen LogP contribution in [-0.4, -0.2) is 25.0 Å². The number of rotatable bonds is 1. The molecule has 0 bridgehead atoms. The van der Waals surface area contributed by atoms with E-state index in [9.17, 15) is 0 Å². The number of hydrogen-bond acceptors (Lipinski definition) is 2. The third-order valence-corrected chi connectivity index (χ3v) is 1.69. The Morgan fingerprint density at radius 1 is 0.765 bits per heavy atom. The normalized spacial score (nSPS) is 10.4. The Labute approximate surface area is 116 Å². The Bertz CT molecular complexity index is 388. The maximum atomic E-state index is 5.27. The fraction of sp³-hybridized carbons (Fsp3) is 0.0909. The summed E-state index contributed by atoms with van der Waals surface area (Å²) in [5.41, 5.74) is 2.35. The smallest absolute Gasteiger partial charge is 0.0273 e. The van der Waals surface area contributed by atoms with Gasteiger partial charge in [-0.25, -0.2) is 0 Å². The zero-order valence-electron chi connectivity index (χ0n) is 9.15. The number of hydrogen-bond donors (Lipinski definition) is 0. The van der Waals surface area contributed by atoms with Crippen molar-refractivity contribution < 1.29 is 0 Å². The molecule has 2 rings (SSSR count). The summed E-state index contributed by atoms with van der Waals surface area (Å²) < 4.78 is 0. The molecule has 2 aromatic heterocycles. The van der Waals surface area contributed by atoms with E-state index in [4.69, 9.17) is 26.8 Å². The maximum absolute atomic E-state index is 5.27. The monoisotopic (exact) mass is 396 g/mol. The van der Waals surface area contributed by atoms with E-state index in [2.05, 4.69) is 9.97 Å². The quantitative estimate of drug-likeness (QED) is 0.668. The van der Waals surface area contributed by atoms with E-state index in [1.54, 1.807) is 29.7 Å². The molecule has 0 N–H and O–H groups in total. The van der Waals surface area contributed by atoms with Gasteiger partial charge in [0.25, 0.3) is 0 Å². The third kappa shape index (κ3) is 7.81. The van der Waals surface area contributed by atoms with Gasteiger partial charge in [0.05, 0.1) is 0 Å². The predicted octanol–water partition coefficient (Wildman–Crippen LogP) is 4.42. The van der Waals surface area contributed by atoms with Crippen molar-refractivity contribution in [2.45, 2.75) is 4.94 Å². The van der Waals surface area contributed by atoms with Gasteiger partial charge in [-0.15, -0.1) is 0 Å². The molecule has 6 heteroatoms. The first-order valence-corrected chi connectivity index (χ1v) is 18.5. The predicted molar refractivity (Wildman–Crippen MR) is 76.6 cm³/mol. The molecule has 0 saturated heterocycles. The van der Waals surface area contributed by atoms with Gasteiger partial charge in [0.15, 0.2) is 0 Å². The van der Waals surface area contributed by atoms with Gasteiger partial charge < -0.3 is 0 Å². The van der Waals surface area contributed by atoms with E-state index in [1.165, 1.54) is 11.1 Å². The standard InChI is InChI=1S/C10H8N2.CH3.3ClH.Sn/c1-5-11-6-2-9(1)10-3-7-12-8-4-10;;;;;/h1-8H;1H3;3*1H;/q;;;;;+3/p-3. The summed E-state index contributed by atoms with van der Waals surface area (Å²) in [6.45, 7) is 0. The van der Waals surface area contributed by atoms with Crippen molar-refractivity contribution in [3.63, 3.8) is 0 Å². The van der Waals surface area contributed by atoms with Crippen LogP contribution < -0.4 is 0 Å². The van der Waals surface area contributed by atoms with Crippen LogP contribution in [0.2, 0.25) is 4.94 Å². The number of aromatic nitrogens is 2. The molecule has 0 fully saturated rings. The van der Waals surface area contributed by atoms with E-state index in [-0.39, 0.29) is 0 Å². The van der Waals surface area contributed by atoms with Gasteiger partial charge in [0, 0.05) is 24.8 Å².